The molecular weight excluding hydrogens is 296 g/mol. The van der Waals surface area contributed by atoms with E-state index in [1.165, 1.54) is 24.3 Å². The molecule has 0 fully saturated rings. The van der Waals surface area contributed by atoms with Crippen LogP contribution in [0.15, 0.2) is 42.5 Å². The van der Waals surface area contributed by atoms with Crippen LogP contribution < -0.4 is 5.32 Å². The van der Waals surface area contributed by atoms with E-state index in [1.807, 2.05) is 0 Å². The molecule has 0 spiro atoms. The lowest BCUT2D eigenvalue weighted by Gasteiger charge is -2.07. The Hall–Kier alpha value is -2.96. The minimum Gasteiger partial charge on any atom is -0.508 e. The van der Waals surface area contributed by atoms with E-state index in [4.69, 9.17) is 4.74 Å². The Morgan fingerprint density at radius 2 is 1.77 bits per heavy atom. The van der Waals surface area contributed by atoms with Gasteiger partial charge in [0.25, 0.3) is 5.91 Å². The molecule has 0 saturated heterocycles. The molecule has 1 amide bonds. The topological polar surface area (TPSA) is 75.6 Å². The largest absolute Gasteiger partial charge is 0.508 e. The Morgan fingerprint density at radius 1 is 1.09 bits per heavy atom. The number of anilines is 1. The number of amides is 1. The normalized spacial score (nSPS) is 10.1. The third kappa shape index (κ3) is 4.27. The fourth-order valence-corrected chi connectivity index (χ4v) is 1.67. The van der Waals surface area contributed by atoms with Crippen molar-refractivity contribution in [3.63, 3.8) is 0 Å². The lowest BCUT2D eigenvalue weighted by Crippen LogP contribution is -2.21. The number of phenols is 1. The van der Waals surface area contributed by atoms with Crippen molar-refractivity contribution in [1.29, 1.82) is 0 Å². The van der Waals surface area contributed by atoms with Gasteiger partial charge < -0.3 is 15.2 Å². The number of benzene rings is 2. The van der Waals surface area contributed by atoms with Crippen LogP contribution in [-0.4, -0.2) is 23.6 Å². The minimum absolute atomic E-state index is 0.0737. The van der Waals surface area contributed by atoms with Crippen LogP contribution in [0.4, 0.5) is 14.5 Å². The van der Waals surface area contributed by atoms with Gasteiger partial charge >= 0.3 is 5.97 Å². The Labute approximate surface area is 124 Å². The van der Waals surface area contributed by atoms with Crippen LogP contribution in [0.1, 0.15) is 10.4 Å². The predicted molar refractivity (Wildman–Crippen MR) is 73.4 cm³/mol. The standard InChI is InChI=1S/C15H11F2NO4/c16-10-5-11(17)7-12(6-10)18-14(20)8-22-15(21)9-2-1-3-13(19)4-9/h1-7,19H,8H2,(H,18,20). The van der Waals surface area contributed by atoms with Gasteiger partial charge in [0.15, 0.2) is 6.61 Å². The highest BCUT2D eigenvalue weighted by molar-refractivity contribution is 5.95. The van der Waals surface area contributed by atoms with Crippen molar-refractivity contribution in [3.8, 4) is 5.75 Å². The molecule has 2 aromatic carbocycles. The number of rotatable bonds is 4. The molecule has 114 valence electrons. The fraction of sp³-hybridized carbons (Fsp3) is 0.0667. The van der Waals surface area contributed by atoms with Gasteiger partial charge in [-0.05, 0) is 30.3 Å². The average Bonchev–Trinajstić information content (AvgIpc) is 2.43. The smallest absolute Gasteiger partial charge is 0.338 e. The van der Waals surface area contributed by atoms with Gasteiger partial charge in [-0.2, -0.15) is 0 Å². The Bertz CT molecular complexity index is 698. The second kappa shape index (κ2) is 6.66. The molecule has 2 aromatic rings. The zero-order chi connectivity index (χ0) is 16.1. The SMILES string of the molecule is O=C(COC(=O)c1cccc(O)c1)Nc1cc(F)cc(F)c1. The molecule has 0 atom stereocenters. The van der Waals surface area contributed by atoms with Crippen molar-refractivity contribution in [2.45, 2.75) is 0 Å². The summed E-state index contributed by atoms with van der Waals surface area (Å²) in [6.07, 6.45) is 0. The molecule has 0 aromatic heterocycles. The molecule has 0 saturated carbocycles. The first-order chi connectivity index (χ1) is 10.4. The summed E-state index contributed by atoms with van der Waals surface area (Å²) in [5.41, 5.74) is -0.0134. The van der Waals surface area contributed by atoms with Gasteiger partial charge in [-0.3, -0.25) is 4.79 Å². The minimum atomic E-state index is -0.841. The lowest BCUT2D eigenvalue weighted by atomic mass is 10.2. The van der Waals surface area contributed by atoms with Gasteiger partial charge in [0.2, 0.25) is 0 Å². The number of carbonyl (C=O) groups excluding carboxylic acids is 2. The number of ether oxygens (including phenoxy) is 1. The summed E-state index contributed by atoms with van der Waals surface area (Å²) in [5, 5.41) is 11.4. The number of hydrogen-bond donors (Lipinski definition) is 2. The summed E-state index contributed by atoms with van der Waals surface area (Å²) < 4.78 is 30.6. The van der Waals surface area contributed by atoms with E-state index in [-0.39, 0.29) is 17.0 Å². The van der Waals surface area contributed by atoms with E-state index in [0.717, 1.165) is 12.1 Å². The molecule has 5 nitrogen and oxygen atoms in total. The van der Waals surface area contributed by atoms with Gasteiger partial charge in [0.1, 0.15) is 17.4 Å². The van der Waals surface area contributed by atoms with Gasteiger partial charge in [0.05, 0.1) is 5.56 Å². The molecule has 2 N–H and O–H groups in total. The molecule has 0 unspecified atom stereocenters. The highest BCUT2D eigenvalue weighted by Gasteiger charge is 2.11. The summed E-state index contributed by atoms with van der Waals surface area (Å²) >= 11 is 0. The number of halogens is 2. The summed E-state index contributed by atoms with van der Waals surface area (Å²) in [6, 6.07) is 7.93. The van der Waals surface area contributed by atoms with E-state index in [9.17, 15) is 23.5 Å². The first-order valence-corrected chi connectivity index (χ1v) is 6.16. The first-order valence-electron chi connectivity index (χ1n) is 6.16. The Morgan fingerprint density at radius 3 is 2.41 bits per heavy atom. The second-order valence-electron chi connectivity index (χ2n) is 4.33. The highest BCUT2D eigenvalue weighted by Crippen LogP contribution is 2.13. The zero-order valence-electron chi connectivity index (χ0n) is 11.2. The van der Waals surface area contributed by atoms with Crippen LogP contribution in [0.2, 0.25) is 0 Å². The van der Waals surface area contributed by atoms with Crippen LogP contribution in [0.3, 0.4) is 0 Å². The zero-order valence-corrected chi connectivity index (χ0v) is 11.2. The monoisotopic (exact) mass is 307 g/mol. The molecule has 7 heteroatoms. The Kier molecular flexibility index (Phi) is 4.67. The first kappa shape index (κ1) is 15.4. The number of nitrogens with one attached hydrogen (secondary N) is 1. The third-order valence-corrected chi connectivity index (χ3v) is 2.56. The highest BCUT2D eigenvalue weighted by atomic mass is 19.1. The van der Waals surface area contributed by atoms with Crippen molar-refractivity contribution in [3.05, 3.63) is 59.7 Å². The summed E-state index contributed by atoms with van der Waals surface area (Å²) in [4.78, 5) is 23.2. The lowest BCUT2D eigenvalue weighted by molar-refractivity contribution is -0.119. The fourth-order valence-electron chi connectivity index (χ4n) is 1.67. The second-order valence-corrected chi connectivity index (χ2v) is 4.33. The van der Waals surface area contributed by atoms with Gasteiger partial charge in [-0.1, -0.05) is 6.07 Å². The molecule has 0 aliphatic carbocycles. The van der Waals surface area contributed by atoms with E-state index in [1.54, 1.807) is 0 Å². The number of carbonyl (C=O) groups is 2. The van der Waals surface area contributed by atoms with Gasteiger partial charge in [-0.25, -0.2) is 13.6 Å². The summed E-state index contributed by atoms with van der Waals surface area (Å²) in [5.74, 6) is -3.36. The van der Waals surface area contributed by atoms with Gasteiger partial charge in [-0.15, -0.1) is 0 Å². The molecule has 0 bridgehead atoms. The molecule has 0 heterocycles. The van der Waals surface area contributed by atoms with E-state index in [2.05, 4.69) is 5.32 Å². The van der Waals surface area contributed by atoms with Crippen molar-refractivity contribution < 1.29 is 28.2 Å². The van der Waals surface area contributed by atoms with E-state index in [0.29, 0.717) is 6.07 Å². The number of phenolic OH excluding ortho intramolecular Hbond substituents is 1. The maximum Gasteiger partial charge on any atom is 0.338 e. The van der Waals surface area contributed by atoms with Crippen LogP contribution in [0, 0.1) is 11.6 Å². The average molecular weight is 307 g/mol. The molecule has 22 heavy (non-hydrogen) atoms. The van der Waals surface area contributed by atoms with Crippen molar-refractivity contribution >= 4 is 17.6 Å². The van der Waals surface area contributed by atoms with Crippen molar-refractivity contribution in [2.75, 3.05) is 11.9 Å². The maximum atomic E-state index is 13.0. The molecular formula is C15H11F2NO4. The third-order valence-electron chi connectivity index (χ3n) is 2.56. The van der Waals surface area contributed by atoms with Gasteiger partial charge in [0, 0.05) is 11.8 Å². The van der Waals surface area contributed by atoms with Crippen LogP contribution in [-0.2, 0) is 9.53 Å². The van der Waals surface area contributed by atoms with Crippen LogP contribution in [0.25, 0.3) is 0 Å². The number of aromatic hydroxyl groups is 1. The van der Waals surface area contributed by atoms with E-state index >= 15 is 0 Å². The summed E-state index contributed by atoms with van der Waals surface area (Å²) in [6.45, 7) is -0.632. The number of esters is 1. The molecule has 0 aliphatic rings. The maximum absolute atomic E-state index is 13.0. The van der Waals surface area contributed by atoms with Crippen LogP contribution in [0.5, 0.6) is 5.75 Å². The predicted octanol–water partition coefficient (Wildman–Crippen LogP) is 2.47. The van der Waals surface area contributed by atoms with Crippen LogP contribution >= 0.6 is 0 Å². The molecule has 2 rings (SSSR count). The van der Waals surface area contributed by atoms with Crippen molar-refractivity contribution in [2.24, 2.45) is 0 Å². The Balaban J connectivity index is 1.91. The molecule has 0 aliphatic heterocycles. The quantitative estimate of drug-likeness (QED) is 0.851. The molecule has 0 radical (unpaired) electrons. The van der Waals surface area contributed by atoms with E-state index < -0.39 is 30.1 Å². The number of hydrogen-bond acceptors (Lipinski definition) is 4. The van der Waals surface area contributed by atoms with Crippen molar-refractivity contribution in [1.82, 2.24) is 0 Å². The summed E-state index contributed by atoms with van der Waals surface area (Å²) in [7, 11) is 0.